The predicted octanol–water partition coefficient (Wildman–Crippen LogP) is 3.15. The maximum Gasteiger partial charge on any atom is 0.190 e. The smallest absolute Gasteiger partial charge is 0.190 e. The number of aliphatic hydroxyl groups excluding tert-OH is 2. The summed E-state index contributed by atoms with van der Waals surface area (Å²) in [5.74, 6) is 0.0738. The van der Waals surface area contributed by atoms with Crippen molar-refractivity contribution >= 4 is 22.6 Å². The molecule has 2 aromatic heterocycles. The number of fused-ring (bicyclic) bond motifs is 2. The zero-order valence-corrected chi connectivity index (χ0v) is 17.7. The lowest BCUT2D eigenvalue weighted by molar-refractivity contribution is 0.0187. The van der Waals surface area contributed by atoms with Gasteiger partial charge in [-0.3, -0.25) is 0 Å². The Hall–Kier alpha value is -2.16. The fourth-order valence-electron chi connectivity index (χ4n) is 4.34. The van der Waals surface area contributed by atoms with Crippen molar-refractivity contribution in [2.75, 3.05) is 19.8 Å². The quantitative estimate of drug-likeness (QED) is 0.494. The number of aromatic amines is 1. The summed E-state index contributed by atoms with van der Waals surface area (Å²) in [6, 6.07) is 11.4. The third-order valence-corrected chi connectivity index (χ3v) is 6.70. The van der Waals surface area contributed by atoms with Gasteiger partial charge in [-0.1, -0.05) is 35.9 Å². The summed E-state index contributed by atoms with van der Waals surface area (Å²) >= 11 is 6.31. The first-order chi connectivity index (χ1) is 15.0. The molecule has 0 amide bonds. The molecule has 1 aliphatic carbocycles. The number of pyridine rings is 1. The van der Waals surface area contributed by atoms with E-state index in [-0.39, 0.29) is 36.2 Å². The monoisotopic (exact) mass is 444 g/mol. The van der Waals surface area contributed by atoms with Crippen LogP contribution in [-0.4, -0.2) is 63.4 Å². The number of nitrogens with zero attached hydrogens (tertiary/aromatic N) is 1. The lowest BCUT2D eigenvalue weighted by atomic mass is 9.95. The van der Waals surface area contributed by atoms with Gasteiger partial charge in [0.25, 0.3) is 0 Å². The number of hydrogen-bond donors (Lipinski definition) is 4. The van der Waals surface area contributed by atoms with Crippen molar-refractivity contribution in [3.8, 4) is 17.1 Å². The Morgan fingerprint density at radius 3 is 2.61 bits per heavy atom. The molecule has 164 valence electrons. The van der Waals surface area contributed by atoms with Crippen LogP contribution in [0.5, 0.6) is 5.88 Å². The molecule has 7 nitrogen and oxygen atoms in total. The van der Waals surface area contributed by atoms with Crippen LogP contribution in [0.25, 0.3) is 22.3 Å². The van der Waals surface area contributed by atoms with E-state index in [9.17, 15) is 10.2 Å². The van der Waals surface area contributed by atoms with Crippen molar-refractivity contribution in [2.24, 2.45) is 0 Å². The minimum atomic E-state index is -0.377. The van der Waals surface area contributed by atoms with Gasteiger partial charge in [-0.25, -0.2) is 4.98 Å². The highest BCUT2D eigenvalue weighted by Crippen LogP contribution is 2.48. The molecule has 0 radical (unpaired) electrons. The van der Waals surface area contributed by atoms with Crippen molar-refractivity contribution in [1.29, 1.82) is 0 Å². The van der Waals surface area contributed by atoms with Crippen LogP contribution in [0.15, 0.2) is 36.4 Å². The summed E-state index contributed by atoms with van der Waals surface area (Å²) in [6.45, 7) is 1.39. The van der Waals surface area contributed by atoms with Gasteiger partial charge in [0.2, 0.25) is 0 Å². The van der Waals surface area contributed by atoms with E-state index in [1.165, 1.54) is 0 Å². The molecule has 6 rings (SSSR count). The average Bonchev–Trinajstić information content (AvgIpc) is 3.07. The van der Waals surface area contributed by atoms with E-state index < -0.39 is 0 Å². The van der Waals surface area contributed by atoms with Crippen molar-refractivity contribution in [1.82, 2.24) is 9.97 Å². The number of H-pyrrole nitrogens is 1. The molecule has 3 fully saturated rings. The molecule has 8 heteroatoms. The molecule has 3 atom stereocenters. The highest BCUT2D eigenvalue weighted by atomic mass is 35.5. The number of benzene rings is 1. The lowest BCUT2D eigenvalue weighted by Gasteiger charge is -2.13. The van der Waals surface area contributed by atoms with Crippen LogP contribution in [0.4, 0.5) is 0 Å². The number of nitrogens with one attached hydrogen (secondary N) is 1. The second-order valence-electron chi connectivity index (χ2n) is 8.49. The van der Waals surface area contributed by atoms with Crippen molar-refractivity contribution in [3.05, 3.63) is 47.0 Å². The molecule has 2 saturated heterocycles. The molecular weight excluding hydrogens is 420 g/mol. The van der Waals surface area contributed by atoms with Gasteiger partial charge in [-0.15, -0.1) is 0 Å². The van der Waals surface area contributed by atoms with Gasteiger partial charge in [0.05, 0.1) is 41.1 Å². The maximum atomic E-state index is 9.51. The van der Waals surface area contributed by atoms with E-state index >= 15 is 0 Å². The second kappa shape index (κ2) is 8.07. The number of halogens is 1. The van der Waals surface area contributed by atoms with Crippen molar-refractivity contribution < 1.29 is 24.8 Å². The third-order valence-electron chi connectivity index (χ3n) is 6.41. The minimum Gasteiger partial charge on any atom is -0.495 e. The molecular formula is C23H25ClN2O5. The number of aromatic hydroxyl groups is 1. The van der Waals surface area contributed by atoms with Crippen LogP contribution in [-0.2, 0) is 14.9 Å². The topological polar surface area (TPSA) is 108 Å². The van der Waals surface area contributed by atoms with E-state index in [1.54, 1.807) is 12.1 Å². The Morgan fingerprint density at radius 2 is 1.94 bits per heavy atom. The summed E-state index contributed by atoms with van der Waals surface area (Å²) in [5, 5.41) is 28.7. The number of ether oxygens (including phenoxy) is 2. The molecule has 1 aromatic carbocycles. The number of aliphatic hydroxyl groups is 2. The lowest BCUT2D eigenvalue weighted by Crippen LogP contribution is -2.26. The van der Waals surface area contributed by atoms with Crippen LogP contribution in [0.1, 0.15) is 24.8 Å². The largest absolute Gasteiger partial charge is 0.495 e. The normalized spacial score (nSPS) is 25.8. The van der Waals surface area contributed by atoms with E-state index in [4.69, 9.17) is 26.2 Å². The SMILES string of the molecule is OCC1(c2ccc(-c3nc4cc(O)[nH]c4cc3Cl)cc2)CC1.O[C@@H]1CO[C@@H]2CCOC12. The van der Waals surface area contributed by atoms with Gasteiger partial charge >= 0.3 is 0 Å². The fraction of sp³-hybridized carbons (Fsp3) is 0.435. The number of rotatable bonds is 3. The van der Waals surface area contributed by atoms with Gasteiger partial charge < -0.3 is 29.8 Å². The Balaban J connectivity index is 0.000000189. The molecule has 4 N–H and O–H groups in total. The van der Waals surface area contributed by atoms with Crippen LogP contribution in [0.3, 0.4) is 0 Å². The molecule has 0 bridgehead atoms. The van der Waals surface area contributed by atoms with Crippen LogP contribution >= 0.6 is 11.6 Å². The highest BCUT2D eigenvalue weighted by Gasteiger charge is 2.43. The fourth-order valence-corrected chi connectivity index (χ4v) is 4.60. The van der Waals surface area contributed by atoms with Crippen LogP contribution in [0, 0.1) is 0 Å². The van der Waals surface area contributed by atoms with E-state index in [1.807, 2.05) is 24.3 Å². The first kappa shape index (κ1) is 20.7. The predicted molar refractivity (Wildman–Crippen MR) is 116 cm³/mol. The van der Waals surface area contributed by atoms with Gasteiger partial charge in [-0.05, 0) is 30.9 Å². The highest BCUT2D eigenvalue weighted by molar-refractivity contribution is 6.33. The Bertz CT molecular complexity index is 1080. The molecule has 4 heterocycles. The summed E-state index contributed by atoms with van der Waals surface area (Å²) in [4.78, 5) is 7.32. The van der Waals surface area contributed by atoms with Crippen molar-refractivity contribution in [2.45, 2.75) is 43.0 Å². The van der Waals surface area contributed by atoms with E-state index in [0.717, 1.165) is 37.0 Å². The van der Waals surface area contributed by atoms with Gasteiger partial charge in [0, 0.05) is 23.7 Å². The third kappa shape index (κ3) is 3.92. The summed E-state index contributed by atoms with van der Waals surface area (Å²) in [7, 11) is 0. The molecule has 0 spiro atoms. The van der Waals surface area contributed by atoms with Crippen LogP contribution in [0.2, 0.25) is 5.02 Å². The first-order valence-corrected chi connectivity index (χ1v) is 10.9. The second-order valence-corrected chi connectivity index (χ2v) is 8.89. The molecule has 2 aliphatic heterocycles. The minimum absolute atomic E-state index is 0.0231. The summed E-state index contributed by atoms with van der Waals surface area (Å²) < 4.78 is 10.4. The van der Waals surface area contributed by atoms with Gasteiger partial charge in [0.15, 0.2) is 5.88 Å². The average molecular weight is 445 g/mol. The van der Waals surface area contributed by atoms with E-state index in [0.29, 0.717) is 28.4 Å². The number of hydrogen-bond acceptors (Lipinski definition) is 6. The van der Waals surface area contributed by atoms with Crippen LogP contribution < -0.4 is 0 Å². The standard InChI is InChI=1S/C17H15ClN2O2.C6H10O3/c18-12-7-13-14(8-15(22)19-13)20-16(12)10-1-3-11(4-2-10)17(9-21)5-6-17;7-4-3-9-5-1-2-8-6(4)5/h1-4,7-8,19,21-22H,5-6,9H2;4-7H,1-3H2/t;4-,5-,6?/m.1/s1. The maximum absolute atomic E-state index is 9.51. The molecule has 1 saturated carbocycles. The van der Waals surface area contributed by atoms with E-state index in [2.05, 4.69) is 9.97 Å². The Kier molecular flexibility index (Phi) is 5.40. The zero-order valence-electron chi connectivity index (χ0n) is 16.9. The van der Waals surface area contributed by atoms with Crippen molar-refractivity contribution in [3.63, 3.8) is 0 Å². The summed E-state index contributed by atoms with van der Waals surface area (Å²) in [5.41, 5.74) is 4.12. The molecule has 31 heavy (non-hydrogen) atoms. The first-order valence-electron chi connectivity index (χ1n) is 10.5. The molecule has 3 aromatic rings. The molecule has 1 unspecified atom stereocenters. The summed E-state index contributed by atoms with van der Waals surface area (Å²) in [6.07, 6.45) is 2.80. The zero-order chi connectivity index (χ0) is 21.6. The Labute approximate surface area is 184 Å². The van der Waals surface area contributed by atoms with Gasteiger partial charge in [-0.2, -0.15) is 0 Å². The Morgan fingerprint density at radius 1 is 1.16 bits per heavy atom. The molecule has 3 aliphatic rings. The van der Waals surface area contributed by atoms with Gasteiger partial charge in [0.1, 0.15) is 12.2 Å². The number of aromatic nitrogens is 2.